The van der Waals surface area contributed by atoms with Crippen molar-refractivity contribution in [1.29, 1.82) is 0 Å². The highest BCUT2D eigenvalue weighted by Gasteiger charge is 2.34. The molecule has 0 aliphatic carbocycles. The number of nitrogens with zero attached hydrogens (tertiary/aromatic N) is 3. The highest BCUT2D eigenvalue weighted by molar-refractivity contribution is 9.10. The molecule has 0 radical (unpaired) electrons. The molecule has 2 aromatic rings. The second-order valence-corrected chi connectivity index (χ2v) is 7.72. The van der Waals surface area contributed by atoms with E-state index in [1.54, 1.807) is 18.3 Å². The number of anilines is 1. The fraction of sp³-hybridized carbons (Fsp3) is 0.389. The van der Waals surface area contributed by atoms with Crippen LogP contribution < -0.4 is 10.9 Å². The van der Waals surface area contributed by atoms with E-state index in [9.17, 15) is 9.59 Å². The lowest BCUT2D eigenvalue weighted by atomic mass is 9.83. The van der Waals surface area contributed by atoms with Crippen LogP contribution in [0.1, 0.15) is 18.0 Å². The van der Waals surface area contributed by atoms with Crippen LogP contribution >= 0.6 is 15.9 Å². The summed E-state index contributed by atoms with van der Waals surface area (Å²) in [6.07, 6.45) is 2.76. The number of carbonyl (C=O) groups is 1. The van der Waals surface area contributed by atoms with Crippen LogP contribution in [0.15, 0.2) is 45.8 Å². The summed E-state index contributed by atoms with van der Waals surface area (Å²) in [7, 11) is 0. The molecule has 25 heavy (non-hydrogen) atoms. The van der Waals surface area contributed by atoms with E-state index in [1.807, 2.05) is 22.8 Å². The van der Waals surface area contributed by atoms with Crippen molar-refractivity contribution < 1.29 is 4.79 Å². The van der Waals surface area contributed by atoms with Crippen molar-refractivity contribution in [2.45, 2.75) is 18.9 Å². The van der Waals surface area contributed by atoms with E-state index in [2.05, 4.69) is 31.1 Å². The van der Waals surface area contributed by atoms with Crippen LogP contribution in [0.25, 0.3) is 0 Å². The van der Waals surface area contributed by atoms with Gasteiger partial charge in [0.05, 0.1) is 6.54 Å². The number of hydrogen-bond donors (Lipinski definition) is 1. The SMILES string of the molecule is O=C(CN1C[C@@H]2C[C@H](C1)c1cccc(=O)n1C2)Nc1ccc(Br)cn1. The minimum atomic E-state index is -0.0553. The van der Waals surface area contributed by atoms with E-state index in [4.69, 9.17) is 0 Å². The van der Waals surface area contributed by atoms with Crippen LogP contribution in [0.2, 0.25) is 0 Å². The second-order valence-electron chi connectivity index (χ2n) is 6.80. The number of hydrogen-bond acceptors (Lipinski definition) is 4. The Labute approximate surface area is 154 Å². The predicted octanol–water partition coefficient (Wildman–Crippen LogP) is 2.06. The van der Waals surface area contributed by atoms with Crippen LogP contribution in [0.4, 0.5) is 5.82 Å². The highest BCUT2D eigenvalue weighted by atomic mass is 79.9. The molecule has 1 fully saturated rings. The van der Waals surface area contributed by atoms with Gasteiger partial charge in [-0.1, -0.05) is 6.07 Å². The molecule has 0 aromatic carbocycles. The average Bonchev–Trinajstić information content (AvgIpc) is 2.58. The maximum absolute atomic E-state index is 12.3. The van der Waals surface area contributed by atoms with Crippen molar-refractivity contribution in [2.75, 3.05) is 25.0 Å². The molecule has 2 aromatic heterocycles. The third-order valence-corrected chi connectivity index (χ3v) is 5.39. The number of pyridine rings is 2. The van der Waals surface area contributed by atoms with Gasteiger partial charge in [0.25, 0.3) is 5.56 Å². The monoisotopic (exact) mass is 402 g/mol. The zero-order valence-electron chi connectivity index (χ0n) is 13.7. The summed E-state index contributed by atoms with van der Waals surface area (Å²) >= 11 is 3.33. The molecule has 2 aliphatic heterocycles. The zero-order valence-corrected chi connectivity index (χ0v) is 15.3. The Bertz CT molecular complexity index is 849. The Morgan fingerprint density at radius 2 is 2.12 bits per heavy atom. The van der Waals surface area contributed by atoms with Crippen LogP contribution in [-0.4, -0.2) is 40.0 Å². The molecule has 1 N–H and O–H groups in total. The number of rotatable bonds is 3. The van der Waals surface area contributed by atoms with Gasteiger partial charge < -0.3 is 9.88 Å². The molecule has 1 saturated heterocycles. The summed E-state index contributed by atoms with van der Waals surface area (Å²) in [4.78, 5) is 30.7. The molecule has 2 aliphatic rings. The molecule has 0 unspecified atom stereocenters. The fourth-order valence-corrected chi connectivity index (χ4v) is 4.19. The minimum Gasteiger partial charge on any atom is -0.312 e. The Morgan fingerprint density at radius 1 is 1.24 bits per heavy atom. The molecule has 2 bridgehead atoms. The molecular formula is C18H19BrN4O2. The van der Waals surface area contributed by atoms with Gasteiger partial charge in [0.2, 0.25) is 5.91 Å². The fourth-order valence-electron chi connectivity index (χ4n) is 3.96. The maximum atomic E-state index is 12.3. The normalized spacial score (nSPS) is 22.3. The molecule has 0 saturated carbocycles. The van der Waals surface area contributed by atoms with Crippen molar-refractivity contribution in [3.8, 4) is 0 Å². The van der Waals surface area contributed by atoms with Crippen molar-refractivity contribution >= 4 is 27.7 Å². The van der Waals surface area contributed by atoms with Gasteiger partial charge in [0, 0.05) is 48.0 Å². The van der Waals surface area contributed by atoms with Gasteiger partial charge in [0.1, 0.15) is 5.82 Å². The van der Waals surface area contributed by atoms with Gasteiger partial charge in [-0.2, -0.15) is 0 Å². The zero-order chi connectivity index (χ0) is 17.4. The first-order chi connectivity index (χ1) is 12.1. The van der Waals surface area contributed by atoms with Crippen LogP contribution in [0, 0.1) is 5.92 Å². The number of amides is 1. The summed E-state index contributed by atoms with van der Waals surface area (Å²) in [6, 6.07) is 9.12. The van der Waals surface area contributed by atoms with Crippen molar-refractivity contribution in [3.63, 3.8) is 0 Å². The Balaban J connectivity index is 1.43. The molecule has 2 atom stereocenters. The molecule has 130 valence electrons. The number of piperidine rings is 1. The van der Waals surface area contributed by atoms with Gasteiger partial charge >= 0.3 is 0 Å². The Hall–Kier alpha value is -1.99. The molecule has 7 heteroatoms. The van der Waals surface area contributed by atoms with Gasteiger partial charge in [-0.05, 0) is 46.5 Å². The molecule has 1 amide bonds. The maximum Gasteiger partial charge on any atom is 0.250 e. The third kappa shape index (κ3) is 3.52. The smallest absolute Gasteiger partial charge is 0.250 e. The Kier molecular flexibility index (Phi) is 4.43. The van der Waals surface area contributed by atoms with E-state index in [0.29, 0.717) is 24.2 Å². The molecular weight excluding hydrogens is 384 g/mol. The highest BCUT2D eigenvalue weighted by Crippen LogP contribution is 2.34. The van der Waals surface area contributed by atoms with Gasteiger partial charge in [-0.15, -0.1) is 0 Å². The van der Waals surface area contributed by atoms with Crippen LogP contribution in [0.3, 0.4) is 0 Å². The lowest BCUT2D eigenvalue weighted by molar-refractivity contribution is -0.118. The van der Waals surface area contributed by atoms with E-state index in [-0.39, 0.29) is 11.5 Å². The van der Waals surface area contributed by atoms with Gasteiger partial charge in [-0.25, -0.2) is 4.98 Å². The molecule has 0 spiro atoms. The lowest BCUT2D eigenvalue weighted by Gasteiger charge is -2.42. The summed E-state index contributed by atoms with van der Waals surface area (Å²) in [5, 5.41) is 2.84. The molecule has 4 rings (SSSR count). The number of halogens is 1. The number of aromatic nitrogens is 2. The lowest BCUT2D eigenvalue weighted by Crippen LogP contribution is -2.49. The molecule has 6 nitrogen and oxygen atoms in total. The van der Waals surface area contributed by atoms with Crippen LogP contribution in [0.5, 0.6) is 0 Å². The van der Waals surface area contributed by atoms with Crippen molar-refractivity contribution in [1.82, 2.24) is 14.5 Å². The first-order valence-electron chi connectivity index (χ1n) is 8.42. The number of nitrogens with one attached hydrogen (secondary N) is 1. The van der Waals surface area contributed by atoms with E-state index in [1.165, 1.54) is 0 Å². The summed E-state index contributed by atoms with van der Waals surface area (Å²) in [5.74, 6) is 1.24. The molecule has 4 heterocycles. The number of likely N-dealkylation sites (tertiary alicyclic amines) is 1. The van der Waals surface area contributed by atoms with Gasteiger partial charge in [-0.3, -0.25) is 14.5 Å². The first kappa shape index (κ1) is 16.5. The predicted molar refractivity (Wildman–Crippen MR) is 98.6 cm³/mol. The summed E-state index contributed by atoms with van der Waals surface area (Å²) in [5.41, 5.74) is 1.18. The number of fused-ring (bicyclic) bond motifs is 4. The topological polar surface area (TPSA) is 67.2 Å². The average molecular weight is 403 g/mol. The largest absolute Gasteiger partial charge is 0.312 e. The quantitative estimate of drug-likeness (QED) is 0.852. The minimum absolute atomic E-state index is 0.0553. The third-order valence-electron chi connectivity index (χ3n) is 4.92. The van der Waals surface area contributed by atoms with E-state index < -0.39 is 0 Å². The summed E-state index contributed by atoms with van der Waals surface area (Å²) < 4.78 is 2.78. The summed E-state index contributed by atoms with van der Waals surface area (Å²) in [6.45, 7) is 2.75. The second kappa shape index (κ2) is 6.72. The van der Waals surface area contributed by atoms with E-state index in [0.717, 1.165) is 36.2 Å². The van der Waals surface area contributed by atoms with Gasteiger partial charge in [0.15, 0.2) is 0 Å². The van der Waals surface area contributed by atoms with E-state index >= 15 is 0 Å². The van der Waals surface area contributed by atoms with Crippen LogP contribution in [-0.2, 0) is 11.3 Å². The van der Waals surface area contributed by atoms with Crippen molar-refractivity contribution in [3.05, 3.63) is 57.0 Å². The Morgan fingerprint density at radius 3 is 2.92 bits per heavy atom. The first-order valence-corrected chi connectivity index (χ1v) is 9.21. The number of carbonyl (C=O) groups excluding carboxylic acids is 1. The van der Waals surface area contributed by atoms with Crippen molar-refractivity contribution in [2.24, 2.45) is 5.92 Å². The standard InChI is InChI=1S/C18H19BrN4O2/c19-14-4-5-16(20-7-14)21-17(24)11-22-8-12-6-13(10-22)15-2-1-3-18(25)23(15)9-12/h1-5,7,12-13H,6,8-11H2,(H,20,21,24)/t12-,13+/m0/s1.